The summed E-state index contributed by atoms with van der Waals surface area (Å²) >= 11 is 0. The van der Waals surface area contributed by atoms with Crippen LogP contribution in [-0.4, -0.2) is 0 Å². The van der Waals surface area contributed by atoms with E-state index in [2.05, 4.69) is 261 Å². The number of hydrogen-bond acceptors (Lipinski definition) is 0. The van der Waals surface area contributed by atoms with E-state index in [0.29, 0.717) is 11.3 Å². The summed E-state index contributed by atoms with van der Waals surface area (Å²) in [6, 6.07) is 0. The molecule has 0 aromatic heterocycles. The third-order valence-corrected chi connectivity index (χ3v) is 6.14. The van der Waals surface area contributed by atoms with Crippen molar-refractivity contribution in [3.63, 3.8) is 0 Å². The number of hydrogen-bond donors (Lipinski definition) is 0. The van der Waals surface area contributed by atoms with Crippen LogP contribution in [0.4, 0.5) is 0 Å². The van der Waals surface area contributed by atoms with Crippen LogP contribution < -0.4 is 0 Å². The molecule has 0 amide bonds. The van der Waals surface area contributed by atoms with Gasteiger partial charge in [0.2, 0.25) is 0 Å². The molecule has 0 aromatic rings. The SMILES string of the molecule is CC(C)/C=C/C(C)(C)C.[CH2-]C(/C=C/C(C)(C)C)=C\C([CH2-])=C\C(C)(C)C.[CH2-]C(/C=C/C(C)(C)C)=C\C([CH2-])=C\C(C)(C)C.[CH2-]C(=C[C-]=CC(C)(C)C)/C=C/C(C)(C)C.[V+2].[V+2].[V+2]. The molecule has 0 heterocycles. The van der Waals surface area contributed by atoms with E-state index in [-0.39, 0.29) is 88.2 Å². The number of rotatable bonds is 7. The van der Waals surface area contributed by atoms with Crippen LogP contribution in [0.1, 0.15) is 159 Å². The predicted molar refractivity (Wildman–Crippen MR) is 263 cm³/mol. The second-order valence-corrected chi connectivity index (χ2v) is 23.1. The summed E-state index contributed by atoms with van der Waals surface area (Å²) in [5.41, 5.74) is 6.53. The van der Waals surface area contributed by atoms with Gasteiger partial charge >= 0.3 is 55.7 Å². The van der Waals surface area contributed by atoms with Crippen molar-refractivity contribution in [1.82, 2.24) is 0 Å². The van der Waals surface area contributed by atoms with Crippen LogP contribution in [-0.2, 0) is 55.7 Å². The van der Waals surface area contributed by atoms with Crippen molar-refractivity contribution < 1.29 is 55.7 Å². The third kappa shape index (κ3) is 74.4. The Morgan fingerprint density at radius 1 is 0.373 bits per heavy atom. The van der Waals surface area contributed by atoms with Gasteiger partial charge < -0.3 is 17.7 Å². The Morgan fingerprint density at radius 3 is 0.847 bits per heavy atom. The summed E-state index contributed by atoms with van der Waals surface area (Å²) in [5.74, 6) is 0.684. The Morgan fingerprint density at radius 2 is 0.644 bits per heavy atom. The molecule has 0 aliphatic carbocycles. The molecule has 0 bridgehead atoms. The minimum atomic E-state index is 0. The zero-order chi connectivity index (χ0) is 45.6. The van der Waals surface area contributed by atoms with Gasteiger partial charge in [-0.2, -0.15) is 98.6 Å². The summed E-state index contributed by atoms with van der Waals surface area (Å²) in [7, 11) is 0. The molecule has 0 aliphatic heterocycles. The van der Waals surface area contributed by atoms with E-state index >= 15 is 0 Å². The summed E-state index contributed by atoms with van der Waals surface area (Å²) in [5, 5.41) is 0. The van der Waals surface area contributed by atoms with Gasteiger partial charge in [-0.3, -0.25) is 6.92 Å². The molecule has 3 heteroatoms. The van der Waals surface area contributed by atoms with Gasteiger partial charge in [-0.05, 0) is 33.0 Å². The maximum Gasteiger partial charge on any atom is 2.00 e. The van der Waals surface area contributed by atoms with E-state index in [0.717, 1.165) is 27.9 Å². The van der Waals surface area contributed by atoms with Crippen LogP contribution in [0.5, 0.6) is 0 Å². The third-order valence-electron chi connectivity index (χ3n) is 6.14. The molecule has 0 saturated heterocycles. The Labute approximate surface area is 409 Å². The quantitative estimate of drug-likeness (QED) is 0.136. The molecule has 0 aromatic carbocycles. The molecule has 59 heavy (non-hydrogen) atoms. The fourth-order valence-corrected chi connectivity index (χ4v) is 3.77. The Balaban J connectivity index is -0.000000122. The molecular formula is C56H94V3. The molecule has 0 nitrogen and oxygen atoms in total. The van der Waals surface area contributed by atoms with Gasteiger partial charge in [0.15, 0.2) is 0 Å². The Bertz CT molecular complexity index is 1320. The zero-order valence-corrected chi connectivity index (χ0v) is 47.2. The van der Waals surface area contributed by atoms with Crippen molar-refractivity contribution in [3.8, 4) is 0 Å². The van der Waals surface area contributed by atoms with E-state index in [1.807, 2.05) is 24.3 Å². The second kappa shape index (κ2) is 32.2. The van der Waals surface area contributed by atoms with Crippen LogP contribution >= 0.6 is 0 Å². The van der Waals surface area contributed by atoms with Crippen LogP contribution in [0.15, 0.2) is 113 Å². The summed E-state index contributed by atoms with van der Waals surface area (Å²) < 4.78 is 0. The van der Waals surface area contributed by atoms with Crippen LogP contribution in [0, 0.1) is 84.5 Å². The van der Waals surface area contributed by atoms with Crippen LogP contribution in [0.2, 0.25) is 0 Å². The maximum absolute atomic E-state index is 4.02. The first-order chi connectivity index (χ1) is 24.5. The smallest absolute Gasteiger partial charge is 0.348 e. The van der Waals surface area contributed by atoms with Crippen LogP contribution in [0.25, 0.3) is 0 Å². The van der Waals surface area contributed by atoms with E-state index in [4.69, 9.17) is 0 Å². The fraction of sp³-hybridized carbons (Fsp3) is 0.554. The molecule has 0 spiro atoms. The van der Waals surface area contributed by atoms with Gasteiger partial charge in [0.1, 0.15) is 0 Å². The average molecular weight is 920 g/mol. The minimum Gasteiger partial charge on any atom is -0.348 e. The van der Waals surface area contributed by atoms with Crippen molar-refractivity contribution in [2.45, 2.75) is 159 Å². The maximum atomic E-state index is 4.02. The second-order valence-electron chi connectivity index (χ2n) is 23.1. The first kappa shape index (κ1) is 72.0. The molecular weight excluding hydrogens is 825 g/mol. The largest absolute Gasteiger partial charge is 2.00 e. The summed E-state index contributed by atoms with van der Waals surface area (Å²) in [4.78, 5) is 0. The first-order valence-corrected chi connectivity index (χ1v) is 20.6. The molecule has 0 saturated carbocycles. The molecule has 0 rings (SSSR count). The van der Waals surface area contributed by atoms with Gasteiger partial charge in [-0.25, -0.2) is 6.08 Å². The normalized spacial score (nSPS) is 14.6. The first-order valence-electron chi connectivity index (χ1n) is 20.6. The van der Waals surface area contributed by atoms with Crippen molar-refractivity contribution in [3.05, 3.63) is 154 Å². The molecule has 0 unspecified atom stereocenters. The van der Waals surface area contributed by atoms with Gasteiger partial charge in [-0.15, -0.1) is 12.2 Å². The van der Waals surface area contributed by atoms with Gasteiger partial charge in [0, 0.05) is 0 Å². The van der Waals surface area contributed by atoms with Gasteiger partial charge in [-0.1, -0.05) is 182 Å². The fourth-order valence-electron chi connectivity index (χ4n) is 3.77. The number of allylic oxidation sites excluding steroid dienone is 20. The van der Waals surface area contributed by atoms with Crippen molar-refractivity contribution >= 4 is 0 Å². The van der Waals surface area contributed by atoms with Crippen molar-refractivity contribution in [2.24, 2.45) is 43.8 Å². The Kier molecular flexibility index (Phi) is 39.3. The molecule has 0 fully saturated rings. The van der Waals surface area contributed by atoms with E-state index < -0.39 is 0 Å². The Hall–Kier alpha value is -1.50. The monoisotopic (exact) mass is 920 g/mol. The summed E-state index contributed by atoms with van der Waals surface area (Å²) in [6.07, 6.45) is 32.7. The van der Waals surface area contributed by atoms with E-state index in [1.165, 1.54) is 0 Å². The summed E-state index contributed by atoms with van der Waals surface area (Å²) in [6.45, 7) is 70.1. The van der Waals surface area contributed by atoms with Gasteiger partial charge in [0.05, 0.1) is 0 Å². The average Bonchev–Trinajstić information content (AvgIpc) is 2.89. The van der Waals surface area contributed by atoms with E-state index in [1.54, 1.807) is 0 Å². The zero-order valence-electron chi connectivity index (χ0n) is 43.0. The van der Waals surface area contributed by atoms with Crippen LogP contribution in [0.3, 0.4) is 0 Å². The predicted octanol–water partition coefficient (Wildman–Crippen LogP) is 18.3. The van der Waals surface area contributed by atoms with Gasteiger partial charge in [0.25, 0.3) is 0 Å². The molecule has 3 radical (unpaired) electrons. The van der Waals surface area contributed by atoms with E-state index in [9.17, 15) is 0 Å². The molecule has 0 aliphatic rings. The standard InChI is InChI=1S/2C16H26.C15H24.C9H18.3V/c2*1-13(9-10-15(3,4)5)11-14(2)12-16(6,7)8;1-13(10-12-15(5,6)7)9-8-11-14(2,3)4;1-8(2)6-7-9(3,4)5;;;/h2*9-12H,1-2H2,3-8H3;9-12H,1H2,2-7H3;6-8H,1-5H3;;;/q3*-2;;3*+2/b2*10-9+,13-11+,14-12+;12-10+,13-9?;7-6+;;;. The molecule has 0 N–H and O–H groups in total. The minimum absolute atomic E-state index is 0. The topological polar surface area (TPSA) is 0 Å². The van der Waals surface area contributed by atoms with Crippen molar-refractivity contribution in [2.75, 3.05) is 0 Å². The molecule has 333 valence electrons. The van der Waals surface area contributed by atoms with Crippen molar-refractivity contribution in [1.29, 1.82) is 0 Å². The molecule has 0 atom stereocenters.